The first-order valence-corrected chi connectivity index (χ1v) is 12.9. The molecule has 0 radical (unpaired) electrons. The topological polar surface area (TPSA) is 84.9 Å². The van der Waals surface area contributed by atoms with Crippen molar-refractivity contribution in [1.29, 1.82) is 0 Å². The second kappa shape index (κ2) is 11.1. The van der Waals surface area contributed by atoms with Gasteiger partial charge in [0.2, 0.25) is 5.91 Å². The van der Waals surface area contributed by atoms with E-state index in [1.54, 1.807) is 7.11 Å². The van der Waals surface area contributed by atoms with Crippen LogP contribution in [0, 0.1) is 24.7 Å². The predicted octanol–water partition coefficient (Wildman–Crippen LogP) is 6.24. The minimum Gasteiger partial charge on any atom is -0.496 e. The number of carboxylic acid groups (broad SMARTS) is 1. The zero-order valence-electron chi connectivity index (χ0n) is 21.1. The minimum absolute atomic E-state index is 0.186. The number of amides is 1. The molecule has 2 aromatic rings. The van der Waals surface area contributed by atoms with Gasteiger partial charge in [-0.2, -0.15) is 0 Å². The highest BCUT2D eigenvalue weighted by Crippen LogP contribution is 2.39. The first-order valence-electron chi connectivity index (χ1n) is 12.9. The lowest BCUT2D eigenvalue weighted by molar-refractivity contribution is -0.147. The number of benzene rings is 2. The summed E-state index contributed by atoms with van der Waals surface area (Å²) < 4.78 is 11.5. The first-order chi connectivity index (χ1) is 16.9. The Morgan fingerprint density at radius 3 is 2.40 bits per heavy atom. The van der Waals surface area contributed by atoms with E-state index in [1.165, 1.54) is 18.4 Å². The zero-order valence-corrected chi connectivity index (χ0v) is 21.1. The van der Waals surface area contributed by atoms with E-state index in [4.69, 9.17) is 9.47 Å². The molecular formula is C29H37NO5. The molecule has 2 aliphatic carbocycles. The maximum absolute atomic E-state index is 13.1. The summed E-state index contributed by atoms with van der Waals surface area (Å²) in [6.07, 6.45) is 7.57. The van der Waals surface area contributed by atoms with E-state index in [-0.39, 0.29) is 5.91 Å². The molecule has 0 spiro atoms. The van der Waals surface area contributed by atoms with Crippen LogP contribution < -0.4 is 14.8 Å². The van der Waals surface area contributed by atoms with E-state index in [2.05, 4.69) is 17.4 Å². The van der Waals surface area contributed by atoms with Crippen molar-refractivity contribution < 1.29 is 24.2 Å². The average molecular weight is 480 g/mol. The average Bonchev–Trinajstić information content (AvgIpc) is 3.69. The Labute approximate surface area is 208 Å². The molecule has 1 amide bonds. The van der Waals surface area contributed by atoms with Crippen LogP contribution in [0.5, 0.6) is 11.5 Å². The highest BCUT2D eigenvalue weighted by Gasteiger charge is 2.35. The van der Waals surface area contributed by atoms with E-state index in [1.807, 2.05) is 32.0 Å². The molecule has 4 rings (SSSR count). The molecule has 6 heteroatoms. The quantitative estimate of drug-likeness (QED) is 0.421. The van der Waals surface area contributed by atoms with Crippen LogP contribution in [0.3, 0.4) is 0 Å². The lowest BCUT2D eigenvalue weighted by Crippen LogP contribution is -2.36. The van der Waals surface area contributed by atoms with Crippen LogP contribution in [0.4, 0.5) is 5.69 Å². The molecule has 188 valence electrons. The van der Waals surface area contributed by atoms with Gasteiger partial charge in [0.15, 0.2) is 0 Å². The Morgan fingerprint density at radius 1 is 1.03 bits per heavy atom. The number of hydrogen-bond acceptors (Lipinski definition) is 4. The normalized spacial score (nSPS) is 19.7. The fraction of sp³-hybridized carbons (Fsp3) is 0.517. The summed E-state index contributed by atoms with van der Waals surface area (Å²) in [6, 6.07) is 10.1. The maximum atomic E-state index is 13.1. The number of rotatable bonds is 10. The summed E-state index contributed by atoms with van der Waals surface area (Å²) in [5.41, 5.74) is 4.99. The van der Waals surface area contributed by atoms with Gasteiger partial charge in [-0.1, -0.05) is 31.7 Å². The van der Waals surface area contributed by atoms with Gasteiger partial charge in [-0.15, -0.1) is 0 Å². The molecule has 0 aliphatic heterocycles. The lowest BCUT2D eigenvalue weighted by atomic mass is 9.78. The van der Waals surface area contributed by atoms with E-state index >= 15 is 0 Å². The Hall–Kier alpha value is -3.02. The first kappa shape index (κ1) is 25.1. The van der Waals surface area contributed by atoms with Gasteiger partial charge in [0.25, 0.3) is 0 Å². The Morgan fingerprint density at radius 2 is 1.74 bits per heavy atom. The summed E-state index contributed by atoms with van der Waals surface area (Å²) in [7, 11) is 1.67. The minimum atomic E-state index is -0.872. The van der Waals surface area contributed by atoms with Crippen molar-refractivity contribution in [2.75, 3.05) is 19.0 Å². The Bertz CT molecular complexity index is 1070. The molecule has 0 heterocycles. The molecule has 0 unspecified atom stereocenters. The Kier molecular flexibility index (Phi) is 7.99. The number of ether oxygens (including phenoxy) is 2. The molecule has 0 aromatic heterocycles. The Balaban J connectivity index is 1.63. The van der Waals surface area contributed by atoms with Gasteiger partial charge in [-0.25, -0.2) is 0 Å². The number of aliphatic carboxylic acids is 1. The van der Waals surface area contributed by atoms with E-state index in [0.29, 0.717) is 19.4 Å². The number of nitrogens with one attached hydrogen (secondary N) is 1. The number of carbonyl (C=O) groups is 2. The number of aryl methyl sites for hydroxylation is 1. The molecule has 2 aromatic carbocycles. The third kappa shape index (κ3) is 5.98. The molecule has 2 N–H and O–H groups in total. The molecule has 2 saturated carbocycles. The van der Waals surface area contributed by atoms with Gasteiger partial charge < -0.3 is 19.9 Å². The fourth-order valence-electron chi connectivity index (χ4n) is 5.24. The van der Waals surface area contributed by atoms with Crippen LogP contribution in [-0.4, -0.2) is 30.7 Å². The number of hydrogen-bond donors (Lipinski definition) is 2. The van der Waals surface area contributed by atoms with Crippen molar-refractivity contribution in [2.24, 2.45) is 17.8 Å². The van der Waals surface area contributed by atoms with Gasteiger partial charge in [-0.05, 0) is 86.4 Å². The van der Waals surface area contributed by atoms with Crippen molar-refractivity contribution in [1.82, 2.24) is 0 Å². The van der Waals surface area contributed by atoms with Gasteiger partial charge in [0, 0.05) is 11.3 Å². The van der Waals surface area contributed by atoms with Crippen LogP contribution in [0.2, 0.25) is 0 Å². The highest BCUT2D eigenvalue weighted by atomic mass is 16.5. The van der Waals surface area contributed by atoms with E-state index in [9.17, 15) is 14.7 Å². The monoisotopic (exact) mass is 479 g/mol. The number of carbonyl (C=O) groups excluding carboxylic acids is 1. The van der Waals surface area contributed by atoms with Crippen molar-refractivity contribution in [2.45, 2.75) is 65.2 Å². The molecule has 2 fully saturated rings. The second-order valence-electron chi connectivity index (χ2n) is 9.91. The highest BCUT2D eigenvalue weighted by molar-refractivity contribution is 5.95. The number of carboxylic acids is 1. The second-order valence-corrected chi connectivity index (χ2v) is 9.91. The zero-order chi connectivity index (χ0) is 24.9. The van der Waals surface area contributed by atoms with Crippen molar-refractivity contribution in [3.63, 3.8) is 0 Å². The van der Waals surface area contributed by atoms with Crippen molar-refractivity contribution >= 4 is 17.6 Å². The molecule has 0 saturated heterocycles. The molecular weight excluding hydrogens is 442 g/mol. The summed E-state index contributed by atoms with van der Waals surface area (Å²) in [6.45, 7) is 4.54. The van der Waals surface area contributed by atoms with Crippen molar-refractivity contribution in [3.8, 4) is 22.6 Å². The van der Waals surface area contributed by atoms with Gasteiger partial charge in [0.1, 0.15) is 11.5 Å². The lowest BCUT2D eigenvalue weighted by Gasteiger charge is -2.27. The fourth-order valence-corrected chi connectivity index (χ4v) is 5.24. The summed E-state index contributed by atoms with van der Waals surface area (Å²) in [5.74, 6) is 0.238. The standard InChI is InChI=1S/C29H37NO5/c1-4-35-27-17-21(16-26(34-3)18(27)2)23-14-13-22(15-20(23)12-11-19-9-10-19)30-28(31)24-7-5-6-8-25(24)29(32)33/h13-17,19,24-25H,4-12H2,1-3H3,(H,30,31)(H,32,33)/t24-,25-/m0/s1. The molecule has 35 heavy (non-hydrogen) atoms. The van der Waals surface area contributed by atoms with Gasteiger partial charge in [-0.3, -0.25) is 9.59 Å². The van der Waals surface area contributed by atoms with Crippen LogP contribution in [0.1, 0.15) is 63.0 Å². The molecule has 0 bridgehead atoms. The van der Waals surface area contributed by atoms with E-state index < -0.39 is 17.8 Å². The third-order valence-electron chi connectivity index (χ3n) is 7.45. The van der Waals surface area contributed by atoms with Crippen molar-refractivity contribution in [3.05, 3.63) is 41.5 Å². The van der Waals surface area contributed by atoms with Crippen LogP contribution in [0.15, 0.2) is 30.3 Å². The van der Waals surface area contributed by atoms with Gasteiger partial charge in [0.05, 0.1) is 25.6 Å². The largest absolute Gasteiger partial charge is 0.496 e. The van der Waals surface area contributed by atoms with Crippen LogP contribution >= 0.6 is 0 Å². The third-order valence-corrected chi connectivity index (χ3v) is 7.45. The summed E-state index contributed by atoms with van der Waals surface area (Å²) in [4.78, 5) is 24.7. The molecule has 6 nitrogen and oxygen atoms in total. The summed E-state index contributed by atoms with van der Waals surface area (Å²) in [5, 5.41) is 12.6. The predicted molar refractivity (Wildman–Crippen MR) is 137 cm³/mol. The summed E-state index contributed by atoms with van der Waals surface area (Å²) >= 11 is 0. The van der Waals surface area contributed by atoms with Crippen LogP contribution in [0.25, 0.3) is 11.1 Å². The van der Waals surface area contributed by atoms with Crippen LogP contribution in [-0.2, 0) is 16.0 Å². The molecule has 2 aliphatic rings. The van der Waals surface area contributed by atoms with Gasteiger partial charge >= 0.3 is 5.97 Å². The number of methoxy groups -OCH3 is 1. The SMILES string of the molecule is CCOc1cc(-c2ccc(NC(=O)[C@H]3CCCC[C@@H]3C(=O)O)cc2CCC2CC2)cc(OC)c1C. The maximum Gasteiger partial charge on any atom is 0.307 e. The smallest absolute Gasteiger partial charge is 0.307 e. The number of anilines is 1. The molecule has 2 atom stereocenters. The van der Waals surface area contributed by atoms with E-state index in [0.717, 1.165) is 65.5 Å².